The fourth-order valence-corrected chi connectivity index (χ4v) is 0.925. The van der Waals surface area contributed by atoms with Gasteiger partial charge in [-0.15, -0.1) is 0 Å². The van der Waals surface area contributed by atoms with E-state index in [1.54, 1.807) is 12.4 Å². The van der Waals surface area contributed by atoms with Crippen LogP contribution in [0, 0.1) is 11.3 Å². The van der Waals surface area contributed by atoms with Gasteiger partial charge in [-0.25, -0.2) is 9.97 Å². The van der Waals surface area contributed by atoms with Gasteiger partial charge in [0.2, 0.25) is 5.82 Å². The topological polar surface area (TPSA) is 49.6 Å². The van der Waals surface area contributed by atoms with Crippen molar-refractivity contribution in [2.24, 2.45) is 0 Å². The number of aromatic nitrogens is 2. The summed E-state index contributed by atoms with van der Waals surface area (Å²) in [6.45, 7) is 0. The van der Waals surface area contributed by atoms with Gasteiger partial charge in [-0.1, -0.05) is 12.2 Å². The van der Waals surface area contributed by atoms with Crippen LogP contribution in [0.3, 0.4) is 0 Å². The van der Waals surface area contributed by atoms with E-state index in [0.717, 1.165) is 17.7 Å². The summed E-state index contributed by atoms with van der Waals surface area (Å²) >= 11 is 4.07. The van der Waals surface area contributed by atoms with Crippen LogP contribution in [-0.2, 0) is 0 Å². The summed E-state index contributed by atoms with van der Waals surface area (Å²) in [5.74, 6) is 1.03. The van der Waals surface area contributed by atoms with E-state index >= 15 is 0 Å². The summed E-state index contributed by atoms with van der Waals surface area (Å²) in [4.78, 5) is 7.67. The largest absolute Gasteiger partial charge is 0.232 e. The number of thiol groups is 1. The Labute approximate surface area is 82.6 Å². The Morgan fingerprint density at radius 3 is 2.69 bits per heavy atom. The van der Waals surface area contributed by atoms with Crippen molar-refractivity contribution in [3.8, 4) is 6.07 Å². The molecule has 1 rings (SSSR count). The van der Waals surface area contributed by atoms with Crippen LogP contribution in [0.2, 0.25) is 0 Å². The van der Waals surface area contributed by atoms with Gasteiger partial charge in [0.05, 0.1) is 0 Å². The first-order valence-electron chi connectivity index (χ1n) is 3.86. The molecule has 0 aromatic carbocycles. The van der Waals surface area contributed by atoms with Crippen LogP contribution < -0.4 is 0 Å². The molecule has 13 heavy (non-hydrogen) atoms. The van der Waals surface area contributed by atoms with Crippen LogP contribution in [0.25, 0.3) is 6.08 Å². The summed E-state index contributed by atoms with van der Waals surface area (Å²) in [5.41, 5.74) is 0.904. The molecule has 0 saturated heterocycles. The maximum Gasteiger partial charge on any atom is 0.232 e. The molecule has 0 aliphatic heterocycles. The molecule has 0 fully saturated rings. The standard InChI is InChI=1S/C9H9N3S/c10-5-9-11-6-8(7-12-9)3-1-2-4-13/h1,3,6-7,13H,2,4H2. The van der Waals surface area contributed by atoms with Crippen LogP contribution in [0.4, 0.5) is 0 Å². The van der Waals surface area contributed by atoms with Crippen molar-refractivity contribution in [3.63, 3.8) is 0 Å². The van der Waals surface area contributed by atoms with Crippen molar-refractivity contribution >= 4 is 18.7 Å². The molecule has 0 saturated carbocycles. The summed E-state index contributed by atoms with van der Waals surface area (Å²) in [6, 6.07) is 1.86. The van der Waals surface area contributed by atoms with Gasteiger partial charge < -0.3 is 0 Å². The van der Waals surface area contributed by atoms with Crippen molar-refractivity contribution in [2.75, 3.05) is 5.75 Å². The molecule has 4 heteroatoms. The third-order valence-electron chi connectivity index (χ3n) is 1.38. The van der Waals surface area contributed by atoms with Crippen molar-refractivity contribution in [3.05, 3.63) is 29.9 Å². The van der Waals surface area contributed by atoms with E-state index in [0.29, 0.717) is 0 Å². The number of hydrogen-bond donors (Lipinski definition) is 1. The molecule has 3 nitrogen and oxygen atoms in total. The Bertz CT molecular complexity index is 324. The molecule has 0 unspecified atom stereocenters. The number of nitrogens with zero attached hydrogens (tertiary/aromatic N) is 3. The predicted octanol–water partition coefficient (Wildman–Crippen LogP) is 1.68. The van der Waals surface area contributed by atoms with Gasteiger partial charge in [-0.2, -0.15) is 17.9 Å². The third-order valence-corrected chi connectivity index (χ3v) is 1.64. The molecule has 0 radical (unpaired) electrons. The monoisotopic (exact) mass is 191 g/mol. The predicted molar refractivity (Wildman–Crippen MR) is 54.3 cm³/mol. The third kappa shape index (κ3) is 3.26. The quantitative estimate of drug-likeness (QED) is 0.739. The van der Waals surface area contributed by atoms with Gasteiger partial charge in [0.1, 0.15) is 6.07 Å². The van der Waals surface area contributed by atoms with E-state index in [9.17, 15) is 0 Å². The molecule has 0 aliphatic carbocycles. The van der Waals surface area contributed by atoms with Crippen LogP contribution in [-0.4, -0.2) is 15.7 Å². The first-order chi connectivity index (χ1) is 6.36. The molecule has 0 N–H and O–H groups in total. The maximum absolute atomic E-state index is 8.44. The van der Waals surface area contributed by atoms with E-state index in [-0.39, 0.29) is 5.82 Å². The van der Waals surface area contributed by atoms with Crippen LogP contribution in [0.1, 0.15) is 17.8 Å². The summed E-state index contributed by atoms with van der Waals surface area (Å²) in [7, 11) is 0. The van der Waals surface area contributed by atoms with Crippen LogP contribution in [0.15, 0.2) is 18.5 Å². The fourth-order valence-electron chi connectivity index (χ4n) is 0.776. The molecule has 1 heterocycles. The Morgan fingerprint density at radius 2 is 2.15 bits per heavy atom. The Balaban J connectivity index is 2.65. The minimum atomic E-state index is 0.200. The first kappa shape index (κ1) is 9.75. The molecule has 0 atom stereocenters. The molecule has 1 aromatic heterocycles. The lowest BCUT2D eigenvalue weighted by molar-refractivity contribution is 1.10. The van der Waals surface area contributed by atoms with Gasteiger partial charge in [0.25, 0.3) is 0 Å². The highest BCUT2D eigenvalue weighted by Crippen LogP contribution is 1.99. The van der Waals surface area contributed by atoms with Crippen LogP contribution in [0.5, 0.6) is 0 Å². The molecule has 0 aliphatic rings. The SMILES string of the molecule is N#Cc1ncc(C=CCCS)cn1. The number of hydrogen-bond acceptors (Lipinski definition) is 4. The second-order valence-corrected chi connectivity index (χ2v) is 2.81. The van der Waals surface area contributed by atoms with E-state index in [4.69, 9.17) is 5.26 Å². The zero-order valence-electron chi connectivity index (χ0n) is 7.01. The van der Waals surface area contributed by atoms with Crippen molar-refractivity contribution in [1.82, 2.24) is 9.97 Å². The van der Waals surface area contributed by atoms with Crippen LogP contribution >= 0.6 is 12.6 Å². The highest BCUT2D eigenvalue weighted by molar-refractivity contribution is 7.80. The molecule has 0 bridgehead atoms. The minimum absolute atomic E-state index is 0.200. The molecular weight excluding hydrogens is 182 g/mol. The zero-order valence-corrected chi connectivity index (χ0v) is 7.91. The number of nitriles is 1. The smallest absolute Gasteiger partial charge is 0.227 e. The zero-order chi connectivity index (χ0) is 9.52. The van der Waals surface area contributed by atoms with Crippen molar-refractivity contribution in [2.45, 2.75) is 6.42 Å². The average molecular weight is 191 g/mol. The van der Waals surface area contributed by atoms with E-state index in [1.807, 2.05) is 18.2 Å². The summed E-state index contributed by atoms with van der Waals surface area (Å²) < 4.78 is 0. The lowest BCUT2D eigenvalue weighted by Gasteiger charge is -1.90. The molecular formula is C9H9N3S. The minimum Gasteiger partial charge on any atom is -0.227 e. The maximum atomic E-state index is 8.44. The highest BCUT2D eigenvalue weighted by Gasteiger charge is 1.91. The van der Waals surface area contributed by atoms with Gasteiger partial charge in [-0.05, 0) is 12.2 Å². The molecule has 0 spiro atoms. The Hall–Kier alpha value is -1.34. The normalized spacial score (nSPS) is 10.2. The lowest BCUT2D eigenvalue weighted by atomic mass is 10.3. The van der Waals surface area contributed by atoms with Gasteiger partial charge in [0.15, 0.2) is 0 Å². The van der Waals surface area contributed by atoms with Gasteiger partial charge in [-0.3, -0.25) is 0 Å². The molecule has 66 valence electrons. The first-order valence-corrected chi connectivity index (χ1v) is 4.49. The summed E-state index contributed by atoms with van der Waals surface area (Å²) in [6.07, 6.45) is 8.08. The molecule has 1 aromatic rings. The second kappa shape index (κ2) is 5.33. The Kier molecular flexibility index (Phi) is 4.00. The van der Waals surface area contributed by atoms with E-state index in [1.165, 1.54) is 0 Å². The van der Waals surface area contributed by atoms with Gasteiger partial charge in [0, 0.05) is 18.0 Å². The summed E-state index contributed by atoms with van der Waals surface area (Å²) in [5, 5.41) is 8.44. The lowest BCUT2D eigenvalue weighted by Crippen LogP contribution is -1.87. The average Bonchev–Trinajstić information content (AvgIpc) is 2.19. The molecule has 0 amide bonds. The number of allylic oxidation sites excluding steroid dienone is 1. The Morgan fingerprint density at radius 1 is 1.46 bits per heavy atom. The second-order valence-electron chi connectivity index (χ2n) is 2.37. The van der Waals surface area contributed by atoms with Crippen molar-refractivity contribution in [1.29, 1.82) is 5.26 Å². The number of rotatable bonds is 3. The van der Waals surface area contributed by atoms with Gasteiger partial charge >= 0.3 is 0 Å². The van der Waals surface area contributed by atoms with E-state index < -0.39 is 0 Å². The highest BCUT2D eigenvalue weighted by atomic mass is 32.1. The van der Waals surface area contributed by atoms with E-state index in [2.05, 4.69) is 22.6 Å². The van der Waals surface area contributed by atoms with Crippen molar-refractivity contribution < 1.29 is 0 Å². The fraction of sp³-hybridized carbons (Fsp3) is 0.222.